The number of imidazole rings is 1. The van der Waals surface area contributed by atoms with Gasteiger partial charge in [-0.05, 0) is 67.7 Å². The second-order valence-electron chi connectivity index (χ2n) is 11.5. The molecule has 2 aromatic rings. The summed E-state index contributed by atoms with van der Waals surface area (Å²) in [6.07, 6.45) is 9.28. The first-order valence-electron chi connectivity index (χ1n) is 13.4. The van der Waals surface area contributed by atoms with E-state index in [9.17, 15) is 4.79 Å². The Bertz CT molecular complexity index is 1110. The molecule has 1 amide bonds. The first-order valence-corrected chi connectivity index (χ1v) is 13.4. The van der Waals surface area contributed by atoms with Crippen molar-refractivity contribution in [3.05, 3.63) is 53.1 Å². The van der Waals surface area contributed by atoms with E-state index in [1.165, 1.54) is 11.1 Å². The number of benzene rings is 1. The summed E-state index contributed by atoms with van der Waals surface area (Å²) in [6.45, 7) is 12.7. The van der Waals surface area contributed by atoms with Crippen molar-refractivity contribution in [3.8, 4) is 0 Å². The number of nitrogens with one attached hydrogen (secondary N) is 2. The number of hydrogen-bond donors (Lipinski definition) is 2. The van der Waals surface area contributed by atoms with E-state index >= 15 is 0 Å². The lowest BCUT2D eigenvalue weighted by molar-refractivity contribution is -0.00119. The van der Waals surface area contributed by atoms with E-state index < -0.39 is 0 Å². The topological polar surface area (TPSA) is 79.5 Å². The van der Waals surface area contributed by atoms with E-state index in [-0.39, 0.29) is 11.3 Å². The van der Waals surface area contributed by atoms with Crippen molar-refractivity contribution < 1.29 is 14.3 Å². The van der Waals surface area contributed by atoms with Crippen molar-refractivity contribution in [2.45, 2.75) is 58.3 Å². The molecule has 0 spiro atoms. The van der Waals surface area contributed by atoms with Crippen molar-refractivity contribution in [2.24, 2.45) is 5.41 Å². The van der Waals surface area contributed by atoms with E-state index in [2.05, 4.69) is 58.3 Å². The molecule has 0 unspecified atom stereocenters. The second kappa shape index (κ2) is 10.5. The summed E-state index contributed by atoms with van der Waals surface area (Å²) in [4.78, 5) is 22.8. The number of aromatic amines is 1. The molecule has 2 aliphatic heterocycles. The number of morpholine rings is 1. The number of amides is 1. The molecule has 0 atom stereocenters. The van der Waals surface area contributed by atoms with Gasteiger partial charge in [0, 0.05) is 61.4 Å². The standard InChI is InChI=1S/C29H40N4O3/c1-21-19-30-26(31-21)27(34)32-25-5-4-23(18-24(25)22-6-8-28(2,3)9-7-22)29(10-14-35-15-11-29)20-33-12-16-36-17-13-33/h4-6,18-19H,7-17,20H2,1-3H3,(H,30,31)(H,32,34). The molecule has 3 aliphatic rings. The Morgan fingerprint density at radius 2 is 1.86 bits per heavy atom. The fourth-order valence-electron chi connectivity index (χ4n) is 5.77. The first-order chi connectivity index (χ1) is 17.3. The summed E-state index contributed by atoms with van der Waals surface area (Å²) in [5, 5.41) is 3.16. The van der Waals surface area contributed by atoms with Gasteiger partial charge in [-0.1, -0.05) is 26.0 Å². The predicted octanol–water partition coefficient (Wildman–Crippen LogP) is 4.94. The zero-order valence-electron chi connectivity index (χ0n) is 22.0. The highest BCUT2D eigenvalue weighted by molar-refractivity contribution is 6.03. The number of carbonyl (C=O) groups excluding carboxylic acids is 1. The molecule has 0 radical (unpaired) electrons. The van der Waals surface area contributed by atoms with E-state index in [0.717, 1.165) is 95.1 Å². The molecule has 7 nitrogen and oxygen atoms in total. The summed E-state index contributed by atoms with van der Waals surface area (Å²) in [5.74, 6) is 0.137. The van der Waals surface area contributed by atoms with Crippen molar-refractivity contribution in [1.29, 1.82) is 0 Å². The Morgan fingerprint density at radius 3 is 2.53 bits per heavy atom. The number of carbonyl (C=O) groups is 1. The lowest BCUT2D eigenvalue weighted by Crippen LogP contribution is -2.48. The van der Waals surface area contributed by atoms with Crippen LogP contribution in [0.4, 0.5) is 5.69 Å². The Hall–Kier alpha value is -2.48. The van der Waals surface area contributed by atoms with Gasteiger partial charge >= 0.3 is 0 Å². The van der Waals surface area contributed by atoms with Gasteiger partial charge in [-0.15, -0.1) is 0 Å². The predicted molar refractivity (Wildman–Crippen MR) is 142 cm³/mol. The van der Waals surface area contributed by atoms with Gasteiger partial charge in [0.1, 0.15) is 0 Å². The van der Waals surface area contributed by atoms with Crippen LogP contribution in [0.1, 0.15) is 73.4 Å². The maximum absolute atomic E-state index is 13.0. The summed E-state index contributed by atoms with van der Waals surface area (Å²) in [6, 6.07) is 6.69. The zero-order valence-corrected chi connectivity index (χ0v) is 22.0. The number of aromatic nitrogens is 2. The maximum atomic E-state index is 13.0. The van der Waals surface area contributed by atoms with E-state index in [0.29, 0.717) is 11.2 Å². The summed E-state index contributed by atoms with van der Waals surface area (Å²) >= 11 is 0. The van der Waals surface area contributed by atoms with Gasteiger partial charge < -0.3 is 19.8 Å². The van der Waals surface area contributed by atoms with E-state index in [1.54, 1.807) is 6.20 Å². The van der Waals surface area contributed by atoms with Gasteiger partial charge in [0.2, 0.25) is 0 Å². The Morgan fingerprint density at radius 1 is 1.11 bits per heavy atom. The van der Waals surface area contributed by atoms with Crippen LogP contribution >= 0.6 is 0 Å². The van der Waals surface area contributed by atoms with Crippen LogP contribution in [0.15, 0.2) is 30.5 Å². The Kier molecular flexibility index (Phi) is 7.33. The Balaban J connectivity index is 1.50. The number of anilines is 1. The molecule has 1 aromatic carbocycles. The minimum atomic E-state index is -0.206. The molecule has 5 rings (SSSR count). The van der Waals surface area contributed by atoms with Crippen LogP contribution in [0.3, 0.4) is 0 Å². The molecule has 2 N–H and O–H groups in total. The van der Waals surface area contributed by atoms with Crippen LogP contribution < -0.4 is 5.32 Å². The number of aryl methyl sites for hydroxylation is 1. The number of hydrogen-bond acceptors (Lipinski definition) is 5. The minimum Gasteiger partial charge on any atom is -0.381 e. The van der Waals surface area contributed by atoms with E-state index in [1.807, 2.05) is 6.92 Å². The second-order valence-corrected chi connectivity index (χ2v) is 11.5. The number of rotatable bonds is 6. The normalized spacial score (nSPS) is 22.1. The summed E-state index contributed by atoms with van der Waals surface area (Å²) in [7, 11) is 0. The van der Waals surface area contributed by atoms with Gasteiger partial charge in [0.15, 0.2) is 5.82 Å². The van der Waals surface area contributed by atoms with Crippen molar-refractivity contribution in [2.75, 3.05) is 51.4 Å². The third kappa shape index (κ3) is 5.58. The molecule has 2 fully saturated rings. The number of allylic oxidation sites excluding steroid dienone is 2. The number of nitrogens with zero attached hydrogens (tertiary/aromatic N) is 2. The average Bonchev–Trinajstić information content (AvgIpc) is 3.32. The summed E-state index contributed by atoms with van der Waals surface area (Å²) < 4.78 is 11.4. The highest BCUT2D eigenvalue weighted by Gasteiger charge is 2.37. The van der Waals surface area contributed by atoms with Crippen molar-refractivity contribution >= 4 is 17.2 Å². The molecular formula is C29H40N4O3. The molecule has 1 aliphatic carbocycles. The zero-order chi connectivity index (χ0) is 25.2. The van der Waals surface area contributed by atoms with Gasteiger partial charge in [0.05, 0.1) is 13.2 Å². The van der Waals surface area contributed by atoms with E-state index in [4.69, 9.17) is 9.47 Å². The molecule has 0 bridgehead atoms. The number of ether oxygens (including phenoxy) is 2. The fraction of sp³-hybridized carbons (Fsp3) is 0.586. The van der Waals surface area contributed by atoms with Gasteiger partial charge in [-0.3, -0.25) is 9.69 Å². The van der Waals surface area contributed by atoms with Gasteiger partial charge in [-0.2, -0.15) is 0 Å². The minimum absolute atomic E-state index is 0.0412. The molecule has 7 heteroatoms. The Labute approximate surface area is 214 Å². The molecular weight excluding hydrogens is 452 g/mol. The van der Waals surface area contributed by atoms with Crippen LogP contribution in [0.25, 0.3) is 5.57 Å². The number of H-pyrrole nitrogens is 1. The van der Waals surface area contributed by atoms with Crippen LogP contribution in [0, 0.1) is 12.3 Å². The third-order valence-electron chi connectivity index (χ3n) is 8.20. The lowest BCUT2D eigenvalue weighted by atomic mass is 9.72. The van der Waals surface area contributed by atoms with Crippen molar-refractivity contribution in [3.63, 3.8) is 0 Å². The molecule has 2 saturated heterocycles. The van der Waals surface area contributed by atoms with Crippen LogP contribution in [-0.4, -0.2) is 66.8 Å². The molecule has 194 valence electrons. The fourth-order valence-corrected chi connectivity index (χ4v) is 5.77. The molecule has 3 heterocycles. The lowest BCUT2D eigenvalue weighted by Gasteiger charge is -2.43. The molecule has 1 aromatic heterocycles. The highest BCUT2D eigenvalue weighted by atomic mass is 16.5. The average molecular weight is 493 g/mol. The highest BCUT2D eigenvalue weighted by Crippen LogP contribution is 2.43. The first kappa shape index (κ1) is 25.2. The smallest absolute Gasteiger partial charge is 0.291 e. The molecule has 0 saturated carbocycles. The third-order valence-corrected chi connectivity index (χ3v) is 8.20. The van der Waals surface area contributed by atoms with Gasteiger partial charge in [0.25, 0.3) is 5.91 Å². The summed E-state index contributed by atoms with van der Waals surface area (Å²) in [5.41, 5.74) is 5.91. The SMILES string of the molecule is Cc1cnc(C(=O)Nc2ccc(C3(CN4CCOCC4)CCOCC3)cc2C2=CCC(C)(C)CC2)[nH]1. The van der Waals surface area contributed by atoms with Crippen LogP contribution in [0.5, 0.6) is 0 Å². The van der Waals surface area contributed by atoms with Crippen LogP contribution in [0.2, 0.25) is 0 Å². The molecule has 36 heavy (non-hydrogen) atoms. The largest absolute Gasteiger partial charge is 0.381 e. The monoisotopic (exact) mass is 492 g/mol. The van der Waals surface area contributed by atoms with Crippen LogP contribution in [-0.2, 0) is 14.9 Å². The van der Waals surface area contributed by atoms with Crippen molar-refractivity contribution in [1.82, 2.24) is 14.9 Å². The quantitative estimate of drug-likeness (QED) is 0.597. The maximum Gasteiger partial charge on any atom is 0.291 e. The van der Waals surface area contributed by atoms with Gasteiger partial charge in [-0.25, -0.2) is 4.98 Å².